The maximum atomic E-state index is 12.0. The smallest absolute Gasteiger partial charge is 0.326 e. The molecule has 3 unspecified atom stereocenters. The zero-order chi connectivity index (χ0) is 14.7. The SMILES string of the molecule is CC(=O)N(C1CC2CCC1C2)[C@@H](CCCCN)C(=O)O. The number of nitrogens with two attached hydrogens (primary N) is 1. The van der Waals surface area contributed by atoms with E-state index in [0.717, 1.165) is 25.7 Å². The average Bonchev–Trinajstić information content (AvgIpc) is 2.99. The molecule has 0 spiro atoms. The molecule has 0 heterocycles. The largest absolute Gasteiger partial charge is 0.480 e. The third kappa shape index (κ3) is 3.14. The number of carboxylic acid groups (broad SMARTS) is 1. The first-order chi connectivity index (χ1) is 9.54. The van der Waals surface area contributed by atoms with Crippen LogP contribution >= 0.6 is 0 Å². The Kier molecular flexibility index (Phi) is 5.02. The van der Waals surface area contributed by atoms with Crippen LogP contribution in [0.4, 0.5) is 0 Å². The number of rotatable bonds is 7. The van der Waals surface area contributed by atoms with Gasteiger partial charge in [0.1, 0.15) is 6.04 Å². The van der Waals surface area contributed by atoms with Gasteiger partial charge in [-0.05, 0) is 56.9 Å². The van der Waals surface area contributed by atoms with Crippen LogP contribution in [0.5, 0.6) is 0 Å². The number of aliphatic carboxylic acids is 1. The monoisotopic (exact) mass is 282 g/mol. The Morgan fingerprint density at radius 3 is 2.50 bits per heavy atom. The highest BCUT2D eigenvalue weighted by atomic mass is 16.4. The molecular weight excluding hydrogens is 256 g/mol. The number of carbonyl (C=O) groups excluding carboxylic acids is 1. The van der Waals surface area contributed by atoms with Gasteiger partial charge in [0.25, 0.3) is 0 Å². The lowest BCUT2D eigenvalue weighted by atomic mass is 9.92. The van der Waals surface area contributed by atoms with Crippen LogP contribution in [0.3, 0.4) is 0 Å². The van der Waals surface area contributed by atoms with E-state index in [1.165, 1.54) is 19.8 Å². The molecule has 0 aliphatic heterocycles. The van der Waals surface area contributed by atoms with Crippen LogP contribution in [0.15, 0.2) is 0 Å². The predicted molar refractivity (Wildman–Crippen MR) is 76.1 cm³/mol. The third-order valence-corrected chi connectivity index (χ3v) is 4.97. The van der Waals surface area contributed by atoms with Crippen molar-refractivity contribution in [2.45, 2.75) is 64.0 Å². The van der Waals surface area contributed by atoms with E-state index in [-0.39, 0.29) is 11.9 Å². The Balaban J connectivity index is 2.08. The highest BCUT2D eigenvalue weighted by Crippen LogP contribution is 2.47. The van der Waals surface area contributed by atoms with Crippen molar-refractivity contribution >= 4 is 11.9 Å². The second-order valence-corrected chi connectivity index (χ2v) is 6.31. The van der Waals surface area contributed by atoms with Crippen LogP contribution in [-0.2, 0) is 9.59 Å². The maximum Gasteiger partial charge on any atom is 0.326 e. The van der Waals surface area contributed by atoms with Gasteiger partial charge < -0.3 is 15.7 Å². The quantitative estimate of drug-likeness (QED) is 0.695. The van der Waals surface area contributed by atoms with Gasteiger partial charge in [-0.2, -0.15) is 0 Å². The van der Waals surface area contributed by atoms with Crippen molar-refractivity contribution in [2.75, 3.05) is 6.54 Å². The first kappa shape index (κ1) is 15.3. The van der Waals surface area contributed by atoms with Gasteiger partial charge in [-0.3, -0.25) is 4.79 Å². The van der Waals surface area contributed by atoms with E-state index in [1.54, 1.807) is 4.90 Å². The first-order valence-electron chi connectivity index (χ1n) is 7.76. The number of amides is 1. The highest BCUT2D eigenvalue weighted by Gasteiger charge is 2.46. The molecule has 3 N–H and O–H groups in total. The van der Waals surface area contributed by atoms with E-state index in [1.807, 2.05) is 0 Å². The van der Waals surface area contributed by atoms with Crippen molar-refractivity contribution in [3.63, 3.8) is 0 Å². The summed E-state index contributed by atoms with van der Waals surface area (Å²) in [5, 5.41) is 9.50. The second kappa shape index (κ2) is 6.57. The fourth-order valence-corrected chi connectivity index (χ4v) is 4.10. The number of nitrogens with zero attached hydrogens (tertiary/aromatic N) is 1. The van der Waals surface area contributed by atoms with E-state index in [2.05, 4.69) is 0 Å². The van der Waals surface area contributed by atoms with E-state index < -0.39 is 12.0 Å². The molecule has 1 amide bonds. The lowest BCUT2D eigenvalue weighted by molar-refractivity contribution is -0.153. The van der Waals surface area contributed by atoms with E-state index in [4.69, 9.17) is 5.73 Å². The lowest BCUT2D eigenvalue weighted by Gasteiger charge is -2.38. The molecule has 0 radical (unpaired) electrons. The molecule has 5 nitrogen and oxygen atoms in total. The minimum atomic E-state index is -0.875. The second-order valence-electron chi connectivity index (χ2n) is 6.31. The van der Waals surface area contributed by atoms with Crippen LogP contribution in [0.2, 0.25) is 0 Å². The standard InChI is InChI=1S/C15H26N2O3/c1-10(18)17(13(15(19)20)4-2-3-7-16)14-9-11-5-6-12(14)8-11/h11-14H,2-9,16H2,1H3,(H,19,20)/t11?,12?,13-,14?/m0/s1. The number of hydrogen-bond acceptors (Lipinski definition) is 3. The Morgan fingerprint density at radius 1 is 1.30 bits per heavy atom. The van der Waals surface area contributed by atoms with Crippen molar-refractivity contribution in [2.24, 2.45) is 17.6 Å². The number of hydrogen-bond donors (Lipinski definition) is 2. The molecule has 0 saturated heterocycles. The zero-order valence-corrected chi connectivity index (χ0v) is 12.3. The molecule has 2 fully saturated rings. The Bertz CT molecular complexity index is 372. The number of carbonyl (C=O) groups is 2. The van der Waals surface area contributed by atoms with Crippen LogP contribution < -0.4 is 5.73 Å². The predicted octanol–water partition coefficient (Wildman–Crippen LogP) is 1.61. The van der Waals surface area contributed by atoms with Crippen molar-refractivity contribution < 1.29 is 14.7 Å². The fourth-order valence-electron chi connectivity index (χ4n) is 4.10. The summed E-state index contributed by atoms with van der Waals surface area (Å²) in [6.45, 7) is 2.07. The molecule has 20 heavy (non-hydrogen) atoms. The summed E-state index contributed by atoms with van der Waals surface area (Å²) < 4.78 is 0. The molecule has 114 valence electrons. The van der Waals surface area contributed by atoms with Crippen LogP contribution in [0, 0.1) is 11.8 Å². The Morgan fingerprint density at radius 2 is 2.05 bits per heavy atom. The van der Waals surface area contributed by atoms with Gasteiger partial charge in [-0.15, -0.1) is 0 Å². The maximum absolute atomic E-state index is 12.0. The molecule has 5 heteroatoms. The van der Waals surface area contributed by atoms with E-state index >= 15 is 0 Å². The number of carboxylic acids is 1. The van der Waals surface area contributed by atoms with Crippen LogP contribution in [0.25, 0.3) is 0 Å². The summed E-state index contributed by atoms with van der Waals surface area (Å²) in [4.78, 5) is 25.3. The van der Waals surface area contributed by atoms with E-state index in [0.29, 0.717) is 24.8 Å². The number of fused-ring (bicyclic) bond motifs is 2. The van der Waals surface area contributed by atoms with Gasteiger partial charge in [-0.1, -0.05) is 6.42 Å². The molecule has 4 atom stereocenters. The molecule has 2 bridgehead atoms. The minimum absolute atomic E-state index is 0.0947. The molecule has 2 saturated carbocycles. The van der Waals surface area contributed by atoms with Crippen molar-refractivity contribution in [1.29, 1.82) is 0 Å². The average molecular weight is 282 g/mol. The molecule has 2 aliphatic rings. The zero-order valence-electron chi connectivity index (χ0n) is 12.3. The summed E-state index contributed by atoms with van der Waals surface area (Å²) in [6.07, 6.45) is 6.64. The van der Waals surface area contributed by atoms with Crippen molar-refractivity contribution in [3.8, 4) is 0 Å². The van der Waals surface area contributed by atoms with Crippen molar-refractivity contribution in [1.82, 2.24) is 4.90 Å². The fraction of sp³-hybridized carbons (Fsp3) is 0.867. The normalized spacial score (nSPS) is 29.4. The molecule has 0 aromatic rings. The molecule has 2 aliphatic carbocycles. The minimum Gasteiger partial charge on any atom is -0.480 e. The van der Waals surface area contributed by atoms with Gasteiger partial charge in [0.2, 0.25) is 5.91 Å². The lowest BCUT2D eigenvalue weighted by Crippen LogP contribution is -2.51. The van der Waals surface area contributed by atoms with Gasteiger partial charge in [-0.25, -0.2) is 4.79 Å². The molecule has 0 aromatic carbocycles. The summed E-state index contributed by atoms with van der Waals surface area (Å²) >= 11 is 0. The van der Waals surface area contributed by atoms with Crippen molar-refractivity contribution in [3.05, 3.63) is 0 Å². The first-order valence-corrected chi connectivity index (χ1v) is 7.76. The summed E-state index contributed by atoms with van der Waals surface area (Å²) in [6, 6.07) is -0.534. The summed E-state index contributed by atoms with van der Waals surface area (Å²) in [7, 11) is 0. The molecule has 2 rings (SSSR count). The molecular formula is C15H26N2O3. The van der Waals surface area contributed by atoms with Crippen LogP contribution in [0.1, 0.15) is 51.9 Å². The van der Waals surface area contributed by atoms with Crippen LogP contribution in [-0.4, -0.2) is 40.5 Å². The summed E-state index contributed by atoms with van der Waals surface area (Å²) in [5.41, 5.74) is 5.47. The topological polar surface area (TPSA) is 83.6 Å². The van der Waals surface area contributed by atoms with E-state index in [9.17, 15) is 14.7 Å². The summed E-state index contributed by atoms with van der Waals surface area (Å²) in [5.74, 6) is 0.244. The Hall–Kier alpha value is -1.10. The van der Waals surface area contributed by atoms with Gasteiger partial charge in [0.15, 0.2) is 0 Å². The van der Waals surface area contributed by atoms with Gasteiger partial charge >= 0.3 is 5.97 Å². The number of unbranched alkanes of at least 4 members (excludes halogenated alkanes) is 1. The van der Waals surface area contributed by atoms with Gasteiger partial charge in [0, 0.05) is 13.0 Å². The van der Waals surface area contributed by atoms with Gasteiger partial charge in [0.05, 0.1) is 0 Å². The third-order valence-electron chi connectivity index (χ3n) is 4.97. The highest BCUT2D eigenvalue weighted by molar-refractivity contribution is 5.82. The Labute approximate surface area is 120 Å². The molecule has 0 aromatic heterocycles.